The zero-order valence-corrected chi connectivity index (χ0v) is 11.8. The van der Waals surface area contributed by atoms with Gasteiger partial charge in [-0.3, -0.25) is 0 Å². The standard InChI is InChI=1S/C16H30O/c1-13(2)14-9-11-16(17,12-10-14)15-7-5-3-4-6-8-15/h13-15,17H,3-12H2,1-2H3. The zero-order chi connectivity index (χ0) is 12.3. The summed E-state index contributed by atoms with van der Waals surface area (Å²) in [6, 6.07) is 0. The molecule has 1 N–H and O–H groups in total. The van der Waals surface area contributed by atoms with Gasteiger partial charge in [0.1, 0.15) is 0 Å². The Kier molecular flexibility index (Phi) is 4.52. The first-order valence-corrected chi connectivity index (χ1v) is 7.84. The summed E-state index contributed by atoms with van der Waals surface area (Å²) in [5, 5.41) is 10.9. The molecular formula is C16H30O. The Hall–Kier alpha value is -0.0400. The Labute approximate surface area is 107 Å². The van der Waals surface area contributed by atoms with E-state index in [2.05, 4.69) is 13.8 Å². The van der Waals surface area contributed by atoms with Gasteiger partial charge in [-0.05, 0) is 56.3 Å². The van der Waals surface area contributed by atoms with Crippen LogP contribution in [0.1, 0.15) is 78.1 Å². The normalized spacial score (nSPS) is 37.1. The van der Waals surface area contributed by atoms with E-state index < -0.39 is 0 Å². The molecule has 0 unspecified atom stereocenters. The highest BCUT2D eigenvalue weighted by atomic mass is 16.3. The molecule has 1 nitrogen and oxygen atoms in total. The van der Waals surface area contributed by atoms with Gasteiger partial charge in [-0.2, -0.15) is 0 Å². The summed E-state index contributed by atoms with van der Waals surface area (Å²) in [6.45, 7) is 4.67. The van der Waals surface area contributed by atoms with Gasteiger partial charge in [-0.1, -0.05) is 39.5 Å². The van der Waals surface area contributed by atoms with Crippen LogP contribution in [-0.4, -0.2) is 10.7 Å². The van der Waals surface area contributed by atoms with E-state index in [1.54, 1.807) is 0 Å². The second kappa shape index (κ2) is 5.73. The summed E-state index contributed by atoms with van der Waals surface area (Å²) in [5.41, 5.74) is -0.296. The summed E-state index contributed by atoms with van der Waals surface area (Å²) in [4.78, 5) is 0. The first-order chi connectivity index (χ1) is 8.12. The predicted molar refractivity (Wildman–Crippen MR) is 72.9 cm³/mol. The van der Waals surface area contributed by atoms with Crippen LogP contribution in [0, 0.1) is 17.8 Å². The fraction of sp³-hybridized carbons (Fsp3) is 1.00. The molecule has 0 saturated heterocycles. The van der Waals surface area contributed by atoms with E-state index in [0.29, 0.717) is 5.92 Å². The molecule has 0 amide bonds. The van der Waals surface area contributed by atoms with Crippen molar-refractivity contribution in [2.24, 2.45) is 17.8 Å². The minimum atomic E-state index is -0.296. The van der Waals surface area contributed by atoms with Crippen LogP contribution in [0.3, 0.4) is 0 Å². The minimum absolute atomic E-state index is 0.296. The van der Waals surface area contributed by atoms with Gasteiger partial charge in [0, 0.05) is 0 Å². The second-order valence-corrected chi connectivity index (χ2v) is 6.87. The molecule has 2 aliphatic carbocycles. The van der Waals surface area contributed by atoms with E-state index in [9.17, 15) is 5.11 Å². The molecule has 0 aromatic heterocycles. The summed E-state index contributed by atoms with van der Waals surface area (Å²) >= 11 is 0. The molecule has 0 heterocycles. The smallest absolute Gasteiger partial charge is 0.0676 e. The Balaban J connectivity index is 1.91. The summed E-state index contributed by atoms with van der Waals surface area (Å²) in [6.07, 6.45) is 12.7. The van der Waals surface area contributed by atoms with E-state index in [0.717, 1.165) is 24.7 Å². The number of hydrogen-bond acceptors (Lipinski definition) is 1. The predicted octanol–water partition coefficient (Wildman–Crippen LogP) is 4.53. The van der Waals surface area contributed by atoms with Gasteiger partial charge in [-0.15, -0.1) is 0 Å². The van der Waals surface area contributed by atoms with Crippen molar-refractivity contribution in [2.75, 3.05) is 0 Å². The quantitative estimate of drug-likeness (QED) is 0.701. The molecule has 0 spiro atoms. The molecule has 0 atom stereocenters. The van der Waals surface area contributed by atoms with Crippen molar-refractivity contribution in [3.8, 4) is 0 Å². The van der Waals surface area contributed by atoms with Crippen LogP contribution < -0.4 is 0 Å². The van der Waals surface area contributed by atoms with Gasteiger partial charge >= 0.3 is 0 Å². The molecule has 0 aromatic carbocycles. The van der Waals surface area contributed by atoms with Crippen molar-refractivity contribution >= 4 is 0 Å². The lowest BCUT2D eigenvalue weighted by atomic mass is 9.68. The lowest BCUT2D eigenvalue weighted by molar-refractivity contribution is -0.0679. The lowest BCUT2D eigenvalue weighted by Gasteiger charge is -2.42. The SMILES string of the molecule is CC(C)C1CCC(O)(C2CCCCCC2)CC1. The molecule has 0 radical (unpaired) electrons. The fourth-order valence-electron chi connectivity index (χ4n) is 4.03. The van der Waals surface area contributed by atoms with Crippen molar-refractivity contribution in [2.45, 2.75) is 83.7 Å². The molecule has 17 heavy (non-hydrogen) atoms. The fourth-order valence-corrected chi connectivity index (χ4v) is 4.03. The van der Waals surface area contributed by atoms with E-state index in [1.165, 1.54) is 51.4 Å². The molecule has 0 aromatic rings. The van der Waals surface area contributed by atoms with Crippen molar-refractivity contribution in [3.05, 3.63) is 0 Å². The van der Waals surface area contributed by atoms with Crippen molar-refractivity contribution < 1.29 is 5.11 Å². The molecule has 2 fully saturated rings. The minimum Gasteiger partial charge on any atom is -0.390 e. The third-order valence-electron chi connectivity index (χ3n) is 5.45. The van der Waals surface area contributed by atoms with Crippen LogP contribution >= 0.6 is 0 Å². The van der Waals surface area contributed by atoms with Crippen molar-refractivity contribution in [3.63, 3.8) is 0 Å². The van der Waals surface area contributed by atoms with Gasteiger partial charge in [0.05, 0.1) is 5.60 Å². The highest BCUT2D eigenvalue weighted by Gasteiger charge is 2.40. The van der Waals surface area contributed by atoms with Crippen LogP contribution in [-0.2, 0) is 0 Å². The first kappa shape index (κ1) is 13.4. The largest absolute Gasteiger partial charge is 0.390 e. The number of hydrogen-bond donors (Lipinski definition) is 1. The third-order valence-corrected chi connectivity index (χ3v) is 5.45. The molecule has 0 bridgehead atoms. The van der Waals surface area contributed by atoms with Crippen molar-refractivity contribution in [1.82, 2.24) is 0 Å². The molecule has 2 rings (SSSR count). The van der Waals surface area contributed by atoms with E-state index in [4.69, 9.17) is 0 Å². The maximum atomic E-state index is 10.9. The molecule has 1 heteroatoms. The van der Waals surface area contributed by atoms with Gasteiger partial charge in [0.25, 0.3) is 0 Å². The molecule has 0 aliphatic heterocycles. The second-order valence-electron chi connectivity index (χ2n) is 6.87. The van der Waals surface area contributed by atoms with Gasteiger partial charge in [0.15, 0.2) is 0 Å². The molecule has 100 valence electrons. The van der Waals surface area contributed by atoms with Crippen LogP contribution in [0.2, 0.25) is 0 Å². The van der Waals surface area contributed by atoms with Gasteiger partial charge in [-0.25, -0.2) is 0 Å². The van der Waals surface area contributed by atoms with Gasteiger partial charge in [0.2, 0.25) is 0 Å². The van der Waals surface area contributed by atoms with Crippen LogP contribution in [0.4, 0.5) is 0 Å². The maximum Gasteiger partial charge on any atom is 0.0676 e. The monoisotopic (exact) mass is 238 g/mol. The first-order valence-electron chi connectivity index (χ1n) is 7.84. The van der Waals surface area contributed by atoms with Crippen LogP contribution in [0.15, 0.2) is 0 Å². The summed E-state index contributed by atoms with van der Waals surface area (Å²) < 4.78 is 0. The number of rotatable bonds is 2. The Morgan fingerprint density at radius 3 is 1.88 bits per heavy atom. The Morgan fingerprint density at radius 2 is 1.41 bits per heavy atom. The van der Waals surface area contributed by atoms with E-state index >= 15 is 0 Å². The highest BCUT2D eigenvalue weighted by molar-refractivity contribution is 4.92. The van der Waals surface area contributed by atoms with Crippen LogP contribution in [0.25, 0.3) is 0 Å². The highest BCUT2D eigenvalue weighted by Crippen LogP contribution is 2.43. The molecule has 2 aliphatic rings. The Morgan fingerprint density at radius 1 is 0.882 bits per heavy atom. The van der Waals surface area contributed by atoms with Crippen LogP contribution in [0.5, 0.6) is 0 Å². The Bertz CT molecular complexity index is 218. The van der Waals surface area contributed by atoms with Crippen molar-refractivity contribution in [1.29, 1.82) is 0 Å². The lowest BCUT2D eigenvalue weighted by Crippen LogP contribution is -2.42. The summed E-state index contributed by atoms with van der Waals surface area (Å²) in [7, 11) is 0. The number of aliphatic hydroxyl groups is 1. The summed E-state index contributed by atoms with van der Waals surface area (Å²) in [5.74, 6) is 2.27. The maximum absolute atomic E-state index is 10.9. The van der Waals surface area contributed by atoms with E-state index in [1.807, 2.05) is 0 Å². The van der Waals surface area contributed by atoms with Gasteiger partial charge < -0.3 is 5.11 Å². The average molecular weight is 238 g/mol. The molecule has 2 saturated carbocycles. The topological polar surface area (TPSA) is 20.2 Å². The zero-order valence-electron chi connectivity index (χ0n) is 11.8. The van der Waals surface area contributed by atoms with E-state index in [-0.39, 0.29) is 5.60 Å². The molecular weight excluding hydrogens is 208 g/mol. The average Bonchev–Trinajstić information content (AvgIpc) is 2.58. The third kappa shape index (κ3) is 3.24.